The fourth-order valence-corrected chi connectivity index (χ4v) is 2.54. The lowest BCUT2D eigenvalue weighted by molar-refractivity contribution is -0.581. The van der Waals surface area contributed by atoms with Gasteiger partial charge in [-0.25, -0.2) is 0 Å². The molecule has 0 atom stereocenters. The van der Waals surface area contributed by atoms with Crippen LogP contribution in [0.1, 0.15) is 26.3 Å². The smallest absolute Gasteiger partial charge is 0.344 e. The number of carbonyl (C=O) groups excluding carboxylic acids is 2. The minimum Gasteiger partial charge on any atom is -0.864 e. The van der Waals surface area contributed by atoms with E-state index in [4.69, 9.17) is 0 Å². The Morgan fingerprint density at radius 2 is 1.56 bits per heavy atom. The number of hydrogen-bond donors (Lipinski definition) is 1. The largest absolute Gasteiger partial charge is 0.864 e. The third-order valence-corrected chi connectivity index (χ3v) is 3.99. The van der Waals surface area contributed by atoms with E-state index in [2.05, 4.69) is 26.2 Å². The van der Waals surface area contributed by atoms with Crippen LogP contribution in [0.5, 0.6) is 0 Å². The zero-order chi connectivity index (χ0) is 18.2. The van der Waals surface area contributed by atoms with Crippen molar-refractivity contribution < 1.29 is 19.3 Å². The third-order valence-electron chi connectivity index (χ3n) is 3.99. The number of para-hydroxylation sites is 1. The molecule has 0 saturated carbocycles. The lowest BCUT2D eigenvalue weighted by Gasteiger charge is -2.17. The molecule has 25 heavy (non-hydrogen) atoms. The first-order chi connectivity index (χ1) is 11.8. The number of aromatic nitrogens is 1. The minimum absolute atomic E-state index is 0.0514. The minimum atomic E-state index is -0.892. The number of rotatable bonds is 3. The van der Waals surface area contributed by atoms with Gasteiger partial charge in [0.15, 0.2) is 12.4 Å². The van der Waals surface area contributed by atoms with Crippen LogP contribution in [0.4, 0.5) is 5.69 Å². The summed E-state index contributed by atoms with van der Waals surface area (Å²) >= 11 is 0. The van der Waals surface area contributed by atoms with Gasteiger partial charge in [-0.2, -0.15) is 9.58 Å². The van der Waals surface area contributed by atoms with Gasteiger partial charge in [0.2, 0.25) is 0 Å². The molecular formula is C19H19N3O3. The number of hydrogen-bond acceptors (Lipinski definition) is 4. The van der Waals surface area contributed by atoms with Gasteiger partial charge >= 0.3 is 5.91 Å². The average molecular weight is 337 g/mol. The van der Waals surface area contributed by atoms with Crippen molar-refractivity contribution in [3.63, 3.8) is 0 Å². The lowest BCUT2D eigenvalue weighted by Crippen LogP contribution is -2.42. The van der Waals surface area contributed by atoms with Gasteiger partial charge in [0, 0.05) is 17.9 Å². The molecule has 2 aromatic rings. The molecule has 1 aromatic heterocycles. The zero-order valence-corrected chi connectivity index (χ0v) is 14.3. The third kappa shape index (κ3) is 3.10. The van der Waals surface area contributed by atoms with E-state index in [1.807, 2.05) is 18.2 Å². The van der Waals surface area contributed by atoms with Crippen molar-refractivity contribution in [2.45, 2.75) is 26.2 Å². The summed E-state index contributed by atoms with van der Waals surface area (Å²) in [5.74, 6) is -2.40. The molecule has 0 radical (unpaired) electrons. The van der Waals surface area contributed by atoms with Gasteiger partial charge in [-0.05, 0) is 23.1 Å². The summed E-state index contributed by atoms with van der Waals surface area (Å²) in [6.07, 6.45) is 3.26. The second-order valence-electron chi connectivity index (χ2n) is 6.85. The second kappa shape index (κ2) is 6.05. The summed E-state index contributed by atoms with van der Waals surface area (Å²) in [7, 11) is 0. The number of pyridine rings is 1. The van der Waals surface area contributed by atoms with Gasteiger partial charge in [0.1, 0.15) is 0 Å². The van der Waals surface area contributed by atoms with Gasteiger partial charge in [-0.15, -0.1) is 0 Å². The van der Waals surface area contributed by atoms with Crippen LogP contribution < -0.4 is 15.1 Å². The van der Waals surface area contributed by atoms with Crippen molar-refractivity contribution in [2.24, 2.45) is 0 Å². The standard InChI is InChI=1S/C19H19N3O3/c1-19(2,3)13-9-11-21(12-10-13)15-16(23)18(25)22(17(15)24)20-14-7-5-4-6-8-14/h4-12,20H,1-3H3. The van der Waals surface area contributed by atoms with Crippen LogP contribution in [-0.4, -0.2) is 16.8 Å². The summed E-state index contributed by atoms with van der Waals surface area (Å²) in [5.41, 5.74) is 4.06. The van der Waals surface area contributed by atoms with E-state index >= 15 is 0 Å². The Balaban J connectivity index is 1.89. The molecule has 1 aromatic carbocycles. The van der Waals surface area contributed by atoms with Gasteiger partial charge in [-0.1, -0.05) is 39.0 Å². The maximum Gasteiger partial charge on any atom is 0.344 e. The van der Waals surface area contributed by atoms with Gasteiger partial charge in [0.25, 0.3) is 11.6 Å². The summed E-state index contributed by atoms with van der Waals surface area (Å²) in [5, 5.41) is 13.0. The summed E-state index contributed by atoms with van der Waals surface area (Å²) in [6, 6.07) is 12.4. The molecule has 0 unspecified atom stereocenters. The number of nitrogens with one attached hydrogen (secondary N) is 1. The predicted molar refractivity (Wildman–Crippen MR) is 90.5 cm³/mol. The molecule has 3 rings (SSSR count). The number of benzene rings is 1. The molecule has 0 spiro atoms. The topological polar surface area (TPSA) is 76.3 Å². The van der Waals surface area contributed by atoms with E-state index in [-0.39, 0.29) is 11.1 Å². The highest BCUT2D eigenvalue weighted by Gasteiger charge is 2.40. The van der Waals surface area contributed by atoms with Gasteiger partial charge < -0.3 is 5.11 Å². The number of nitrogens with zero attached hydrogens (tertiary/aromatic N) is 2. The first kappa shape index (κ1) is 16.7. The molecule has 128 valence electrons. The van der Waals surface area contributed by atoms with E-state index in [9.17, 15) is 14.7 Å². The highest BCUT2D eigenvalue weighted by molar-refractivity contribution is 6.29. The number of anilines is 1. The van der Waals surface area contributed by atoms with Crippen LogP contribution in [0.3, 0.4) is 0 Å². The van der Waals surface area contributed by atoms with Gasteiger partial charge in [-0.3, -0.25) is 15.0 Å². The van der Waals surface area contributed by atoms with Crippen molar-refractivity contribution in [1.29, 1.82) is 0 Å². The van der Waals surface area contributed by atoms with Crippen LogP contribution in [0.25, 0.3) is 5.70 Å². The summed E-state index contributed by atoms with van der Waals surface area (Å²) < 4.78 is 1.39. The Hall–Kier alpha value is -3.15. The lowest BCUT2D eigenvalue weighted by atomic mass is 9.88. The monoisotopic (exact) mass is 337 g/mol. The van der Waals surface area contributed by atoms with Crippen molar-refractivity contribution in [1.82, 2.24) is 5.01 Å². The van der Waals surface area contributed by atoms with Crippen molar-refractivity contribution in [3.8, 4) is 0 Å². The Kier molecular flexibility index (Phi) is 4.04. The molecule has 2 amide bonds. The van der Waals surface area contributed by atoms with E-state index < -0.39 is 17.6 Å². The Morgan fingerprint density at radius 3 is 2.12 bits per heavy atom. The molecule has 6 nitrogen and oxygen atoms in total. The summed E-state index contributed by atoms with van der Waals surface area (Å²) in [4.78, 5) is 24.8. The van der Waals surface area contributed by atoms with Crippen LogP contribution in [-0.2, 0) is 15.0 Å². The maximum absolute atomic E-state index is 12.6. The molecule has 2 heterocycles. The molecule has 1 aliphatic rings. The fraction of sp³-hybridized carbons (Fsp3) is 0.211. The summed E-state index contributed by atoms with van der Waals surface area (Å²) in [6.45, 7) is 6.21. The predicted octanol–water partition coefficient (Wildman–Crippen LogP) is 1.20. The van der Waals surface area contributed by atoms with Crippen LogP contribution in [0.15, 0.2) is 60.6 Å². The van der Waals surface area contributed by atoms with Crippen LogP contribution in [0, 0.1) is 0 Å². The van der Waals surface area contributed by atoms with Crippen LogP contribution >= 0.6 is 0 Å². The molecule has 1 N–H and O–H groups in total. The van der Waals surface area contributed by atoms with E-state index in [1.165, 1.54) is 4.57 Å². The first-order valence-electron chi connectivity index (χ1n) is 7.93. The SMILES string of the molecule is CC(C)(C)c1cc[n+](C2=C([O-])C(=O)N(Nc3ccccc3)C2=O)cc1. The molecular weight excluding hydrogens is 318 g/mol. The Bertz CT molecular complexity index is 850. The molecule has 1 aliphatic heterocycles. The van der Waals surface area contributed by atoms with E-state index in [1.54, 1.807) is 36.7 Å². The second-order valence-corrected chi connectivity index (χ2v) is 6.85. The zero-order valence-electron chi connectivity index (χ0n) is 14.3. The van der Waals surface area contributed by atoms with Crippen molar-refractivity contribution in [2.75, 3.05) is 5.43 Å². The van der Waals surface area contributed by atoms with Crippen LogP contribution in [0.2, 0.25) is 0 Å². The van der Waals surface area contributed by atoms with Crippen molar-refractivity contribution >= 4 is 23.2 Å². The first-order valence-corrected chi connectivity index (χ1v) is 7.93. The Morgan fingerprint density at radius 1 is 0.960 bits per heavy atom. The Labute approximate surface area is 146 Å². The maximum atomic E-state index is 12.6. The highest BCUT2D eigenvalue weighted by Crippen LogP contribution is 2.22. The highest BCUT2D eigenvalue weighted by atomic mass is 16.3. The number of carbonyl (C=O) groups is 2. The fourth-order valence-electron chi connectivity index (χ4n) is 2.54. The number of hydrazine groups is 1. The average Bonchev–Trinajstić information content (AvgIpc) is 2.79. The van der Waals surface area contributed by atoms with Gasteiger partial charge in [0.05, 0.1) is 5.69 Å². The van der Waals surface area contributed by atoms with E-state index in [0.29, 0.717) is 5.69 Å². The van der Waals surface area contributed by atoms with E-state index in [0.717, 1.165) is 10.6 Å². The quantitative estimate of drug-likeness (QED) is 0.674. The normalized spacial score (nSPS) is 15.1. The molecule has 0 fully saturated rings. The molecule has 0 bridgehead atoms. The molecule has 0 saturated heterocycles. The number of amides is 2. The molecule has 6 heteroatoms. The molecule has 0 aliphatic carbocycles. The number of imide groups is 1. The van der Waals surface area contributed by atoms with Crippen molar-refractivity contribution in [3.05, 3.63) is 66.2 Å².